The fraction of sp³-hybridized carbons (Fsp3) is 0.115. The highest BCUT2D eigenvalue weighted by Crippen LogP contribution is 2.21. The molecule has 4 aromatic rings. The second-order valence-electron chi connectivity index (χ2n) is 7.47. The molecular weight excluding hydrogens is 420 g/mol. The Hall–Kier alpha value is -3.48. The Bertz CT molecular complexity index is 1240. The van der Waals surface area contributed by atoms with E-state index in [4.69, 9.17) is 0 Å². The summed E-state index contributed by atoms with van der Waals surface area (Å²) in [5, 5.41) is 14.7. The van der Waals surface area contributed by atoms with Crippen molar-refractivity contribution in [2.24, 2.45) is 0 Å². The van der Waals surface area contributed by atoms with Gasteiger partial charge in [0, 0.05) is 0 Å². The van der Waals surface area contributed by atoms with Gasteiger partial charge in [0.05, 0.1) is 28.8 Å². The van der Waals surface area contributed by atoms with Crippen molar-refractivity contribution in [3.05, 3.63) is 108 Å². The summed E-state index contributed by atoms with van der Waals surface area (Å²) in [7, 11) is -1.54. The molecule has 162 valence electrons. The summed E-state index contributed by atoms with van der Waals surface area (Å²) in [6.45, 7) is -0.181. The monoisotopic (exact) mass is 444 g/mol. The first-order chi connectivity index (χ1) is 15.6. The summed E-state index contributed by atoms with van der Waals surface area (Å²) < 4.78 is 15.9. The van der Waals surface area contributed by atoms with Gasteiger partial charge in [-0.15, -0.1) is 0 Å². The maximum absolute atomic E-state index is 13.0. The summed E-state index contributed by atoms with van der Waals surface area (Å²) >= 11 is 0. The number of benzene rings is 4. The van der Waals surface area contributed by atoms with Crippen LogP contribution >= 0.6 is 0 Å². The predicted molar refractivity (Wildman–Crippen MR) is 129 cm³/mol. The third-order valence-electron chi connectivity index (χ3n) is 5.19. The second kappa shape index (κ2) is 10.2. The van der Waals surface area contributed by atoms with Crippen molar-refractivity contribution in [1.29, 1.82) is 0 Å². The van der Waals surface area contributed by atoms with E-state index in [1.165, 1.54) is 0 Å². The molecule has 5 nitrogen and oxygen atoms in total. The lowest BCUT2D eigenvalue weighted by Gasteiger charge is -2.18. The number of carbonyl (C=O) groups is 1. The first-order valence-electron chi connectivity index (χ1n) is 10.4. The van der Waals surface area contributed by atoms with Crippen molar-refractivity contribution in [2.45, 2.75) is 17.4 Å². The first-order valence-corrected chi connectivity index (χ1v) is 11.5. The van der Waals surface area contributed by atoms with E-state index in [1.807, 2.05) is 72.8 Å². The zero-order valence-corrected chi connectivity index (χ0v) is 18.2. The Labute approximate surface area is 189 Å². The van der Waals surface area contributed by atoms with Crippen molar-refractivity contribution < 1.29 is 14.1 Å². The van der Waals surface area contributed by atoms with Crippen molar-refractivity contribution in [3.8, 4) is 0 Å². The number of aliphatic hydroxyl groups excluding tert-OH is 1. The van der Waals surface area contributed by atoms with Gasteiger partial charge >= 0.3 is 0 Å². The van der Waals surface area contributed by atoms with E-state index in [-0.39, 0.29) is 12.5 Å². The highest BCUT2D eigenvalue weighted by atomic mass is 32.2. The molecule has 2 atom stereocenters. The molecule has 4 aromatic carbocycles. The van der Waals surface area contributed by atoms with Crippen LogP contribution in [-0.2, 0) is 17.4 Å². The van der Waals surface area contributed by atoms with Crippen LogP contribution in [-0.4, -0.2) is 27.9 Å². The normalized spacial score (nSPS) is 12.8. The van der Waals surface area contributed by atoms with Gasteiger partial charge in [0.1, 0.15) is 11.0 Å². The van der Waals surface area contributed by atoms with Crippen LogP contribution in [0, 0.1) is 0 Å². The van der Waals surface area contributed by atoms with Gasteiger partial charge in [-0.05, 0) is 47.0 Å². The van der Waals surface area contributed by atoms with Gasteiger partial charge in [-0.3, -0.25) is 4.79 Å². The number of carbonyl (C=O) groups excluding carboxylic acids is 1. The Morgan fingerprint density at radius 3 is 2.31 bits per heavy atom. The highest BCUT2D eigenvalue weighted by molar-refractivity contribution is 7.86. The van der Waals surface area contributed by atoms with Crippen molar-refractivity contribution in [3.63, 3.8) is 0 Å². The molecule has 0 aliphatic carbocycles. The molecule has 0 heterocycles. The molecule has 6 heteroatoms. The van der Waals surface area contributed by atoms with Crippen LogP contribution < -0.4 is 10.0 Å². The summed E-state index contributed by atoms with van der Waals surface area (Å²) in [5.74, 6) is -0.335. The van der Waals surface area contributed by atoms with Crippen LogP contribution in [0.5, 0.6) is 0 Å². The van der Waals surface area contributed by atoms with Crippen LogP contribution in [0.2, 0.25) is 0 Å². The van der Waals surface area contributed by atoms with Crippen molar-refractivity contribution >= 4 is 33.4 Å². The van der Waals surface area contributed by atoms with E-state index < -0.39 is 17.0 Å². The topological polar surface area (TPSA) is 78.4 Å². The molecule has 0 saturated heterocycles. The fourth-order valence-corrected chi connectivity index (χ4v) is 4.46. The number of hydrogen-bond donors (Lipinski definition) is 3. The number of rotatable bonds is 8. The second-order valence-corrected chi connectivity index (χ2v) is 8.68. The Balaban J connectivity index is 1.50. The lowest BCUT2D eigenvalue weighted by molar-refractivity contribution is 0.0917. The minimum atomic E-state index is -1.54. The molecule has 0 fully saturated rings. The molecule has 4 rings (SSSR count). The minimum absolute atomic E-state index is 0.181. The van der Waals surface area contributed by atoms with Crippen LogP contribution in [0.3, 0.4) is 0 Å². The first kappa shape index (κ1) is 21.7. The zero-order chi connectivity index (χ0) is 22.3. The Morgan fingerprint density at radius 2 is 1.53 bits per heavy atom. The van der Waals surface area contributed by atoms with E-state index in [0.29, 0.717) is 22.6 Å². The molecule has 0 aliphatic heterocycles. The van der Waals surface area contributed by atoms with E-state index in [9.17, 15) is 14.1 Å². The lowest BCUT2D eigenvalue weighted by atomic mass is 10.1. The molecule has 1 unspecified atom stereocenters. The quantitative estimate of drug-likeness (QED) is 0.379. The molecule has 0 aliphatic rings. The molecule has 0 saturated carbocycles. The number of fused-ring (bicyclic) bond motifs is 1. The van der Waals surface area contributed by atoms with E-state index in [1.54, 1.807) is 24.3 Å². The molecular formula is C26H24N2O3S. The van der Waals surface area contributed by atoms with Crippen molar-refractivity contribution in [2.75, 3.05) is 11.3 Å². The summed E-state index contributed by atoms with van der Waals surface area (Å²) in [5.41, 5.74) is 1.86. The van der Waals surface area contributed by atoms with Crippen LogP contribution in [0.25, 0.3) is 10.8 Å². The largest absolute Gasteiger partial charge is 0.394 e. The molecule has 3 N–H and O–H groups in total. The van der Waals surface area contributed by atoms with Gasteiger partial charge in [-0.2, -0.15) is 0 Å². The number of aliphatic hydroxyl groups is 1. The predicted octanol–water partition coefficient (Wildman–Crippen LogP) is 4.31. The van der Waals surface area contributed by atoms with Gasteiger partial charge in [0.2, 0.25) is 0 Å². The number of amides is 1. The Morgan fingerprint density at radius 1 is 0.844 bits per heavy atom. The number of para-hydroxylation sites is 1. The maximum Gasteiger partial charge on any atom is 0.253 e. The van der Waals surface area contributed by atoms with Gasteiger partial charge < -0.3 is 15.1 Å². The van der Waals surface area contributed by atoms with Crippen LogP contribution in [0.1, 0.15) is 15.9 Å². The minimum Gasteiger partial charge on any atom is -0.394 e. The summed E-state index contributed by atoms with van der Waals surface area (Å²) in [6.07, 6.45) is 0.516. The van der Waals surface area contributed by atoms with Gasteiger partial charge in [-0.1, -0.05) is 72.8 Å². The van der Waals surface area contributed by atoms with Crippen LogP contribution in [0.15, 0.2) is 102 Å². The third kappa shape index (κ3) is 5.22. The fourth-order valence-electron chi connectivity index (χ4n) is 3.53. The zero-order valence-electron chi connectivity index (χ0n) is 17.4. The molecule has 0 radical (unpaired) electrons. The van der Waals surface area contributed by atoms with Gasteiger partial charge in [-0.25, -0.2) is 4.21 Å². The van der Waals surface area contributed by atoms with Crippen molar-refractivity contribution in [1.82, 2.24) is 5.32 Å². The molecule has 0 bridgehead atoms. The average Bonchev–Trinajstić information content (AvgIpc) is 2.84. The molecule has 32 heavy (non-hydrogen) atoms. The standard InChI is InChI=1S/C26H24N2O3S/c29-18-22(16-19-8-2-1-3-9-19)27-26(30)24-12-6-7-13-25(24)28-32(31)23-15-14-20-10-4-5-11-21(20)17-23/h1-15,17,22,28-29H,16,18H2,(H,27,30)/t22-,32?/m0/s1. The maximum atomic E-state index is 13.0. The number of anilines is 1. The average molecular weight is 445 g/mol. The third-order valence-corrected chi connectivity index (χ3v) is 6.28. The van der Waals surface area contributed by atoms with Crippen LogP contribution in [0.4, 0.5) is 5.69 Å². The summed E-state index contributed by atoms with van der Waals surface area (Å²) in [6, 6.07) is 29.7. The van der Waals surface area contributed by atoms with E-state index in [0.717, 1.165) is 16.3 Å². The van der Waals surface area contributed by atoms with E-state index >= 15 is 0 Å². The summed E-state index contributed by atoms with van der Waals surface area (Å²) in [4.78, 5) is 13.6. The number of hydrogen-bond acceptors (Lipinski definition) is 3. The van der Waals surface area contributed by atoms with Gasteiger partial charge in [0.15, 0.2) is 0 Å². The molecule has 0 aromatic heterocycles. The highest BCUT2D eigenvalue weighted by Gasteiger charge is 2.17. The molecule has 1 amide bonds. The lowest BCUT2D eigenvalue weighted by Crippen LogP contribution is -2.39. The smallest absolute Gasteiger partial charge is 0.253 e. The van der Waals surface area contributed by atoms with E-state index in [2.05, 4.69) is 10.0 Å². The SMILES string of the molecule is O=C(N[C@H](CO)Cc1ccccc1)c1ccccc1NS(=O)c1ccc2ccccc2c1. The molecule has 0 spiro atoms. The number of nitrogens with one attached hydrogen (secondary N) is 2. The van der Waals surface area contributed by atoms with Gasteiger partial charge in [0.25, 0.3) is 5.91 Å². The Kier molecular flexibility index (Phi) is 6.94.